The molecule has 0 radical (unpaired) electrons. The lowest BCUT2D eigenvalue weighted by Crippen LogP contribution is -2.22. The van der Waals surface area contributed by atoms with E-state index in [4.69, 9.17) is 4.74 Å². The number of fused-ring (bicyclic) bond motifs is 1. The summed E-state index contributed by atoms with van der Waals surface area (Å²) < 4.78 is 8.00. The first-order chi connectivity index (χ1) is 13.7. The molecule has 0 atom stereocenters. The molecule has 1 aliphatic rings. The first-order valence-electron chi connectivity index (χ1n) is 10.2. The van der Waals surface area contributed by atoms with Gasteiger partial charge in [0.2, 0.25) is 5.88 Å². The van der Waals surface area contributed by atoms with Gasteiger partial charge in [0.1, 0.15) is 12.2 Å². The van der Waals surface area contributed by atoms with Crippen LogP contribution in [0.25, 0.3) is 5.65 Å². The molecule has 1 saturated heterocycles. The molecule has 1 fully saturated rings. The number of nitrogens with zero attached hydrogens (tertiary/aromatic N) is 6. The first-order valence-corrected chi connectivity index (χ1v) is 10.2. The van der Waals surface area contributed by atoms with Crippen molar-refractivity contribution in [1.82, 2.24) is 29.5 Å². The Balaban J connectivity index is 1.47. The molecule has 0 unspecified atom stereocenters. The van der Waals surface area contributed by atoms with Crippen molar-refractivity contribution in [2.75, 3.05) is 26.2 Å². The molecule has 0 spiro atoms. The van der Waals surface area contributed by atoms with E-state index in [1.54, 1.807) is 6.33 Å². The molecule has 0 saturated carbocycles. The molecule has 7 nitrogen and oxygen atoms in total. The number of hydrogen-bond acceptors (Lipinski definition) is 6. The Labute approximate surface area is 165 Å². The smallest absolute Gasteiger partial charge is 0.200 e. The van der Waals surface area contributed by atoms with Crippen LogP contribution >= 0.6 is 0 Å². The van der Waals surface area contributed by atoms with Crippen LogP contribution < -0.4 is 4.74 Å². The van der Waals surface area contributed by atoms with Gasteiger partial charge in [-0.1, -0.05) is 6.92 Å². The van der Waals surface area contributed by atoms with Crippen molar-refractivity contribution in [2.45, 2.75) is 46.0 Å². The zero-order chi connectivity index (χ0) is 19.3. The van der Waals surface area contributed by atoms with E-state index in [0.29, 0.717) is 13.0 Å². The highest BCUT2D eigenvalue weighted by atomic mass is 16.5. The molecule has 0 bridgehead atoms. The van der Waals surface area contributed by atoms with Gasteiger partial charge in [-0.2, -0.15) is 0 Å². The first kappa shape index (κ1) is 18.8. The Kier molecular flexibility index (Phi) is 5.81. The lowest BCUT2D eigenvalue weighted by Gasteiger charge is -2.15. The second-order valence-electron chi connectivity index (χ2n) is 7.46. The van der Waals surface area contributed by atoms with Crippen LogP contribution in [-0.4, -0.2) is 55.7 Å². The summed E-state index contributed by atoms with van der Waals surface area (Å²) >= 11 is 0. The predicted molar refractivity (Wildman–Crippen MR) is 108 cm³/mol. The minimum atomic E-state index is 0.655. The molecule has 28 heavy (non-hydrogen) atoms. The Bertz CT molecular complexity index is 932. The second-order valence-corrected chi connectivity index (χ2v) is 7.46. The van der Waals surface area contributed by atoms with Crippen molar-refractivity contribution in [3.8, 4) is 5.88 Å². The van der Waals surface area contributed by atoms with Crippen LogP contribution in [0.1, 0.15) is 49.0 Å². The molecule has 0 amide bonds. The number of likely N-dealkylation sites (tertiary alicyclic amines) is 1. The fraction of sp³-hybridized carbons (Fsp3) is 0.524. The summed E-state index contributed by atoms with van der Waals surface area (Å²) in [7, 11) is 0. The molecule has 148 valence electrons. The van der Waals surface area contributed by atoms with Crippen LogP contribution in [0, 0.1) is 6.92 Å². The van der Waals surface area contributed by atoms with Gasteiger partial charge in [0.15, 0.2) is 5.65 Å². The lowest BCUT2D eigenvalue weighted by molar-refractivity contribution is 0.255. The molecule has 7 heteroatoms. The van der Waals surface area contributed by atoms with Gasteiger partial charge in [-0.3, -0.25) is 4.40 Å². The summed E-state index contributed by atoms with van der Waals surface area (Å²) in [5, 5.41) is 8.24. The minimum absolute atomic E-state index is 0.655. The van der Waals surface area contributed by atoms with Crippen molar-refractivity contribution < 1.29 is 4.74 Å². The van der Waals surface area contributed by atoms with Crippen LogP contribution in [0.3, 0.4) is 0 Å². The quantitative estimate of drug-likeness (QED) is 0.560. The summed E-state index contributed by atoms with van der Waals surface area (Å²) in [6.45, 7) is 8.36. The Morgan fingerprint density at radius 2 is 1.96 bits per heavy atom. The Hall–Kier alpha value is -2.54. The van der Waals surface area contributed by atoms with E-state index in [9.17, 15) is 0 Å². The molecule has 4 rings (SSSR count). The van der Waals surface area contributed by atoms with Gasteiger partial charge in [0.05, 0.1) is 6.61 Å². The predicted octanol–water partition coefficient (Wildman–Crippen LogP) is 2.85. The molecule has 0 aliphatic carbocycles. The van der Waals surface area contributed by atoms with Gasteiger partial charge in [0, 0.05) is 30.4 Å². The van der Waals surface area contributed by atoms with E-state index in [1.165, 1.54) is 25.9 Å². The lowest BCUT2D eigenvalue weighted by atomic mass is 10.1. The van der Waals surface area contributed by atoms with Gasteiger partial charge in [-0.25, -0.2) is 9.97 Å². The van der Waals surface area contributed by atoms with E-state index in [1.807, 2.05) is 23.5 Å². The Morgan fingerprint density at radius 3 is 2.79 bits per heavy atom. The fourth-order valence-electron chi connectivity index (χ4n) is 3.77. The number of rotatable bonds is 8. The third kappa shape index (κ3) is 4.47. The number of aromatic nitrogens is 5. The number of ether oxygens (including phenoxy) is 1. The van der Waals surface area contributed by atoms with Crippen molar-refractivity contribution in [3.05, 3.63) is 47.3 Å². The SMILES string of the molecule is CCc1cc(C)nc(Cc2cc(OCCCN3CCCC3)n3cnnc3c2)n1. The van der Waals surface area contributed by atoms with Gasteiger partial charge in [-0.05, 0) is 63.4 Å². The highest BCUT2D eigenvalue weighted by molar-refractivity contribution is 5.45. The summed E-state index contributed by atoms with van der Waals surface area (Å²) in [6.07, 6.45) is 6.94. The summed E-state index contributed by atoms with van der Waals surface area (Å²) in [5.41, 5.74) is 3.95. The number of pyridine rings is 1. The molecular weight excluding hydrogens is 352 g/mol. The topological polar surface area (TPSA) is 68.4 Å². The van der Waals surface area contributed by atoms with Crippen LogP contribution in [-0.2, 0) is 12.8 Å². The van der Waals surface area contributed by atoms with Gasteiger partial charge in [0.25, 0.3) is 0 Å². The van der Waals surface area contributed by atoms with Crippen LogP contribution in [0.2, 0.25) is 0 Å². The van der Waals surface area contributed by atoms with E-state index in [-0.39, 0.29) is 0 Å². The van der Waals surface area contributed by atoms with Crippen molar-refractivity contribution in [3.63, 3.8) is 0 Å². The van der Waals surface area contributed by atoms with E-state index in [2.05, 4.69) is 38.1 Å². The van der Waals surface area contributed by atoms with E-state index in [0.717, 1.165) is 53.7 Å². The summed E-state index contributed by atoms with van der Waals surface area (Å²) in [5.74, 6) is 1.61. The van der Waals surface area contributed by atoms with E-state index < -0.39 is 0 Å². The zero-order valence-electron chi connectivity index (χ0n) is 16.8. The summed E-state index contributed by atoms with van der Waals surface area (Å²) in [4.78, 5) is 11.8. The number of aryl methyl sites for hydroxylation is 2. The Morgan fingerprint density at radius 1 is 1.11 bits per heavy atom. The van der Waals surface area contributed by atoms with Gasteiger partial charge < -0.3 is 9.64 Å². The van der Waals surface area contributed by atoms with Gasteiger partial charge in [-0.15, -0.1) is 10.2 Å². The molecule has 0 N–H and O–H groups in total. The maximum absolute atomic E-state index is 6.10. The van der Waals surface area contributed by atoms with Crippen molar-refractivity contribution >= 4 is 5.65 Å². The minimum Gasteiger partial charge on any atom is -0.478 e. The molecule has 3 aromatic rings. The molecule has 3 aromatic heterocycles. The zero-order valence-corrected chi connectivity index (χ0v) is 16.8. The molecule has 0 aromatic carbocycles. The second kappa shape index (κ2) is 8.65. The van der Waals surface area contributed by atoms with Crippen molar-refractivity contribution in [1.29, 1.82) is 0 Å². The van der Waals surface area contributed by atoms with Crippen molar-refractivity contribution in [2.24, 2.45) is 0 Å². The van der Waals surface area contributed by atoms with Gasteiger partial charge >= 0.3 is 0 Å². The average molecular weight is 380 g/mol. The fourth-order valence-corrected chi connectivity index (χ4v) is 3.77. The van der Waals surface area contributed by atoms with Crippen LogP contribution in [0.5, 0.6) is 5.88 Å². The van der Waals surface area contributed by atoms with Crippen LogP contribution in [0.4, 0.5) is 0 Å². The standard InChI is InChI=1S/C21H28N6O/c1-3-18-11-16(2)23-19(24-18)12-17-13-20-25-22-15-27(20)21(14-17)28-10-6-9-26-7-4-5-8-26/h11,13-15H,3-10,12H2,1-2H3. The third-order valence-electron chi connectivity index (χ3n) is 5.18. The summed E-state index contributed by atoms with van der Waals surface area (Å²) in [6, 6.07) is 6.13. The third-order valence-corrected chi connectivity index (χ3v) is 5.18. The highest BCUT2D eigenvalue weighted by Crippen LogP contribution is 2.19. The normalized spacial score (nSPS) is 14.8. The largest absolute Gasteiger partial charge is 0.478 e. The average Bonchev–Trinajstić information content (AvgIpc) is 3.36. The molecule has 4 heterocycles. The monoisotopic (exact) mass is 380 g/mol. The highest BCUT2D eigenvalue weighted by Gasteiger charge is 2.12. The maximum Gasteiger partial charge on any atom is 0.200 e. The number of hydrogen-bond donors (Lipinski definition) is 0. The molecular formula is C21H28N6O. The maximum atomic E-state index is 6.10. The molecule has 1 aliphatic heterocycles. The van der Waals surface area contributed by atoms with E-state index >= 15 is 0 Å². The van der Waals surface area contributed by atoms with Crippen LogP contribution in [0.15, 0.2) is 24.5 Å².